The van der Waals surface area contributed by atoms with E-state index in [1.165, 1.54) is 0 Å². The zero-order valence-electron chi connectivity index (χ0n) is 25.8. The van der Waals surface area contributed by atoms with Crippen LogP contribution in [0.15, 0.2) is 103 Å². The summed E-state index contributed by atoms with van der Waals surface area (Å²) in [7, 11) is 0. The lowest BCUT2D eigenvalue weighted by Crippen LogP contribution is -2.55. The summed E-state index contributed by atoms with van der Waals surface area (Å²) >= 11 is 0. The molecule has 2 aromatic heterocycles. The van der Waals surface area contributed by atoms with Gasteiger partial charge in [-0.2, -0.15) is 0 Å². The topological polar surface area (TPSA) is 89.6 Å². The van der Waals surface area contributed by atoms with Crippen LogP contribution >= 0.6 is 0 Å². The molecule has 0 atom stereocenters. The number of Topliss-reactive ketones (excluding diaryl/α,β-unsaturated/α-hetero) is 1. The molecule has 0 bridgehead atoms. The van der Waals surface area contributed by atoms with E-state index in [0.717, 1.165) is 64.9 Å². The zero-order chi connectivity index (χ0) is 31.5. The molecule has 1 N–H and O–H groups in total. The van der Waals surface area contributed by atoms with Crippen LogP contribution < -0.4 is 0 Å². The van der Waals surface area contributed by atoms with Crippen molar-refractivity contribution in [1.82, 2.24) is 24.7 Å². The summed E-state index contributed by atoms with van der Waals surface area (Å²) in [5.41, 5.74) is 5.98. The van der Waals surface area contributed by atoms with E-state index in [4.69, 9.17) is 4.98 Å². The molecule has 0 saturated carbocycles. The number of hydrogen-bond donors (Lipinski definition) is 1. The summed E-state index contributed by atoms with van der Waals surface area (Å²) in [6, 6.07) is 31.9. The van der Waals surface area contributed by atoms with Crippen molar-refractivity contribution in [2.45, 2.75) is 25.3 Å². The molecule has 0 unspecified atom stereocenters. The first-order valence-corrected chi connectivity index (χ1v) is 16.1. The molecule has 2 aliphatic heterocycles. The summed E-state index contributed by atoms with van der Waals surface area (Å²) in [6.45, 7) is 4.00. The quantitative estimate of drug-likeness (QED) is 0.247. The Kier molecular flexibility index (Phi) is 8.44. The molecule has 0 radical (unpaired) electrons. The summed E-state index contributed by atoms with van der Waals surface area (Å²) in [5.74, 6) is -0.732. The number of benzene rings is 3. The summed E-state index contributed by atoms with van der Waals surface area (Å²) in [4.78, 5) is 53.9. The Bertz CT molecular complexity index is 1800. The number of hydrogen-bond acceptors (Lipinski definition) is 5. The first-order chi connectivity index (χ1) is 22.5. The van der Waals surface area contributed by atoms with Crippen molar-refractivity contribution >= 4 is 28.5 Å². The van der Waals surface area contributed by atoms with Crippen LogP contribution in [0.4, 0.5) is 0 Å². The number of likely N-dealkylation sites (tertiary alicyclic amines) is 1. The number of piperazine rings is 1. The molecule has 7 rings (SSSR count). The van der Waals surface area contributed by atoms with Gasteiger partial charge < -0.3 is 14.8 Å². The fourth-order valence-electron chi connectivity index (χ4n) is 6.78. The SMILES string of the molecule is O=C(Cc1c[nH]c2ccccc12)C(=O)N1CCC(N2CCN(C(=O)c3cc(-c4ccccc4)nc(-c4ccccc4)c3)CC2)CC1. The second-order valence-corrected chi connectivity index (χ2v) is 12.2. The molecule has 8 heteroatoms. The van der Waals surface area contributed by atoms with Crippen molar-refractivity contribution in [2.24, 2.45) is 0 Å². The number of carbonyl (C=O) groups excluding carboxylic acids is 3. The van der Waals surface area contributed by atoms with Gasteiger partial charge in [-0.25, -0.2) is 4.98 Å². The maximum Gasteiger partial charge on any atom is 0.290 e. The van der Waals surface area contributed by atoms with E-state index in [2.05, 4.69) is 9.88 Å². The number of pyridine rings is 1. The maximum atomic E-state index is 13.8. The lowest BCUT2D eigenvalue weighted by molar-refractivity contribution is -0.145. The van der Waals surface area contributed by atoms with Crippen LogP contribution in [0.25, 0.3) is 33.4 Å². The van der Waals surface area contributed by atoms with E-state index in [0.29, 0.717) is 37.8 Å². The van der Waals surface area contributed by atoms with Crippen molar-refractivity contribution in [1.29, 1.82) is 0 Å². The Morgan fingerprint density at radius 2 is 1.28 bits per heavy atom. The van der Waals surface area contributed by atoms with E-state index in [9.17, 15) is 14.4 Å². The number of rotatable bonds is 7. The number of amides is 2. The number of aromatic amines is 1. The molecule has 5 aromatic rings. The molecule has 232 valence electrons. The predicted octanol–water partition coefficient (Wildman–Crippen LogP) is 5.46. The molecule has 0 aliphatic carbocycles. The van der Waals surface area contributed by atoms with Crippen LogP contribution in [0, 0.1) is 0 Å². The van der Waals surface area contributed by atoms with Crippen molar-refractivity contribution < 1.29 is 14.4 Å². The first kappa shape index (κ1) is 29.6. The molecule has 3 aromatic carbocycles. The van der Waals surface area contributed by atoms with Gasteiger partial charge in [0.1, 0.15) is 0 Å². The summed E-state index contributed by atoms with van der Waals surface area (Å²) in [6.07, 6.45) is 3.58. The Morgan fingerprint density at radius 1 is 0.696 bits per heavy atom. The standard InChI is InChI=1S/C38H37N5O3/c44-36(25-30-26-39-33-14-8-7-13-32(30)33)38(46)42-17-15-31(16-18-42)41-19-21-43(22-20-41)37(45)29-23-34(27-9-3-1-4-10-27)40-35(24-29)28-11-5-2-6-12-28/h1-14,23-24,26,31,39H,15-22,25H2. The highest BCUT2D eigenvalue weighted by Gasteiger charge is 2.32. The van der Waals surface area contributed by atoms with Crippen molar-refractivity contribution in [3.8, 4) is 22.5 Å². The largest absolute Gasteiger partial charge is 0.361 e. The van der Waals surface area contributed by atoms with E-state index in [-0.39, 0.29) is 24.0 Å². The molecule has 2 amide bonds. The summed E-state index contributed by atoms with van der Waals surface area (Å²) in [5, 5.41) is 0.984. The van der Waals surface area contributed by atoms with Crippen molar-refractivity contribution in [3.05, 3.63) is 114 Å². The number of nitrogens with one attached hydrogen (secondary N) is 1. The summed E-state index contributed by atoms with van der Waals surface area (Å²) < 4.78 is 0. The Labute approximate surface area is 268 Å². The predicted molar refractivity (Wildman–Crippen MR) is 179 cm³/mol. The normalized spacial score (nSPS) is 16.1. The van der Waals surface area contributed by atoms with Crippen LogP contribution in [-0.2, 0) is 16.0 Å². The number of aromatic nitrogens is 2. The second-order valence-electron chi connectivity index (χ2n) is 12.2. The van der Waals surface area contributed by atoms with Gasteiger partial charge in [-0.3, -0.25) is 19.3 Å². The number of piperidine rings is 1. The third kappa shape index (κ3) is 6.21. The van der Waals surface area contributed by atoms with E-state index in [1.807, 2.05) is 108 Å². The number of ketones is 1. The monoisotopic (exact) mass is 611 g/mol. The van der Waals surface area contributed by atoms with Gasteiger partial charge in [-0.15, -0.1) is 0 Å². The molecule has 46 heavy (non-hydrogen) atoms. The van der Waals surface area contributed by atoms with Gasteiger partial charge in [0.25, 0.3) is 11.8 Å². The number of H-pyrrole nitrogens is 1. The van der Waals surface area contributed by atoms with E-state index >= 15 is 0 Å². The smallest absolute Gasteiger partial charge is 0.290 e. The minimum absolute atomic E-state index is 0.0190. The van der Waals surface area contributed by atoms with E-state index in [1.54, 1.807) is 4.90 Å². The number of nitrogens with zero attached hydrogens (tertiary/aromatic N) is 4. The molecule has 4 heterocycles. The van der Waals surface area contributed by atoms with Gasteiger partial charge in [0.15, 0.2) is 0 Å². The van der Waals surface area contributed by atoms with Gasteiger partial charge in [0, 0.05) is 85.5 Å². The third-order valence-corrected chi connectivity index (χ3v) is 9.35. The molecular formula is C38H37N5O3. The van der Waals surface area contributed by atoms with Crippen molar-refractivity contribution in [2.75, 3.05) is 39.3 Å². The molecule has 2 fully saturated rings. The van der Waals surface area contributed by atoms with Crippen LogP contribution in [0.1, 0.15) is 28.8 Å². The van der Waals surface area contributed by atoms with Crippen LogP contribution in [0.3, 0.4) is 0 Å². The van der Waals surface area contributed by atoms with Crippen LogP contribution in [-0.4, -0.2) is 87.6 Å². The molecule has 2 saturated heterocycles. The average molecular weight is 612 g/mol. The fraction of sp³-hybridized carbons (Fsp3) is 0.263. The van der Waals surface area contributed by atoms with E-state index < -0.39 is 0 Å². The molecule has 2 aliphatic rings. The Morgan fingerprint density at radius 3 is 1.91 bits per heavy atom. The molecule has 0 spiro atoms. The van der Waals surface area contributed by atoms with Gasteiger partial charge >= 0.3 is 0 Å². The Balaban J connectivity index is 0.955. The van der Waals surface area contributed by atoms with Crippen LogP contribution in [0.5, 0.6) is 0 Å². The van der Waals surface area contributed by atoms with Gasteiger partial charge in [0.2, 0.25) is 5.78 Å². The minimum Gasteiger partial charge on any atom is -0.361 e. The maximum absolute atomic E-state index is 13.8. The fourth-order valence-corrected chi connectivity index (χ4v) is 6.78. The number of para-hydroxylation sites is 1. The highest BCUT2D eigenvalue weighted by atomic mass is 16.2. The van der Waals surface area contributed by atoms with Crippen LogP contribution in [0.2, 0.25) is 0 Å². The number of fused-ring (bicyclic) bond motifs is 1. The Hall–Kier alpha value is -5.08. The second kappa shape index (κ2) is 13.1. The van der Waals surface area contributed by atoms with Crippen molar-refractivity contribution in [3.63, 3.8) is 0 Å². The lowest BCUT2D eigenvalue weighted by Gasteiger charge is -2.42. The molecule has 8 nitrogen and oxygen atoms in total. The highest BCUT2D eigenvalue weighted by Crippen LogP contribution is 2.27. The van der Waals surface area contributed by atoms with Gasteiger partial charge in [0.05, 0.1) is 11.4 Å². The average Bonchev–Trinajstić information content (AvgIpc) is 3.54. The minimum atomic E-state index is -0.388. The third-order valence-electron chi connectivity index (χ3n) is 9.35. The van der Waals surface area contributed by atoms with Gasteiger partial charge in [-0.1, -0.05) is 78.9 Å². The zero-order valence-corrected chi connectivity index (χ0v) is 25.8. The highest BCUT2D eigenvalue weighted by molar-refractivity contribution is 6.36. The number of carbonyl (C=O) groups is 3. The molecular weight excluding hydrogens is 574 g/mol. The van der Waals surface area contributed by atoms with Gasteiger partial charge in [-0.05, 0) is 36.6 Å². The lowest BCUT2D eigenvalue weighted by atomic mass is 10.0. The first-order valence-electron chi connectivity index (χ1n) is 16.1.